The van der Waals surface area contributed by atoms with Crippen LogP contribution in [0.25, 0.3) is 0 Å². The number of carbonyl (C=O) groups excluding carboxylic acids is 3. The third-order valence-corrected chi connectivity index (χ3v) is 6.70. The van der Waals surface area contributed by atoms with Crippen LogP contribution in [0.4, 0.5) is 15.9 Å². The Kier molecular flexibility index (Phi) is 9.19. The number of hydrogen-bond donors (Lipinski definition) is 2. The summed E-state index contributed by atoms with van der Waals surface area (Å²) < 4.78 is 13.8. The number of nitrogens with one attached hydrogen (secondary N) is 2. The van der Waals surface area contributed by atoms with Gasteiger partial charge in [-0.1, -0.05) is 48.7 Å². The van der Waals surface area contributed by atoms with Gasteiger partial charge in [0, 0.05) is 30.8 Å². The molecule has 1 heterocycles. The van der Waals surface area contributed by atoms with E-state index in [1.165, 1.54) is 17.0 Å². The van der Waals surface area contributed by atoms with Crippen LogP contribution in [0.15, 0.2) is 72.9 Å². The summed E-state index contributed by atoms with van der Waals surface area (Å²) in [6, 6.07) is 17.4. The zero-order valence-corrected chi connectivity index (χ0v) is 21.5. The van der Waals surface area contributed by atoms with Crippen molar-refractivity contribution in [1.29, 1.82) is 0 Å². The third-order valence-electron chi connectivity index (χ3n) is 6.70. The van der Waals surface area contributed by atoms with Crippen molar-refractivity contribution < 1.29 is 18.8 Å². The molecule has 3 aromatic rings. The molecule has 7 nitrogen and oxygen atoms in total. The Hall–Kier alpha value is -4.07. The minimum absolute atomic E-state index is 0.0516. The van der Waals surface area contributed by atoms with Crippen molar-refractivity contribution in [2.75, 3.05) is 10.2 Å². The van der Waals surface area contributed by atoms with E-state index in [1.54, 1.807) is 48.7 Å². The second kappa shape index (κ2) is 12.9. The summed E-state index contributed by atoms with van der Waals surface area (Å²) in [6.07, 6.45) is 5.95. The maximum atomic E-state index is 13.8. The highest BCUT2D eigenvalue weighted by Crippen LogP contribution is 2.30. The van der Waals surface area contributed by atoms with Gasteiger partial charge in [0.2, 0.25) is 17.7 Å². The minimum atomic E-state index is -0.978. The molecule has 1 aliphatic rings. The molecule has 0 unspecified atom stereocenters. The second-order valence-electron chi connectivity index (χ2n) is 9.66. The fourth-order valence-electron chi connectivity index (χ4n) is 4.72. The Balaban J connectivity index is 1.56. The number of halogens is 1. The van der Waals surface area contributed by atoms with Gasteiger partial charge in [0.25, 0.3) is 0 Å². The van der Waals surface area contributed by atoms with Crippen molar-refractivity contribution in [2.45, 2.75) is 64.0 Å². The van der Waals surface area contributed by atoms with Crippen molar-refractivity contribution in [3.05, 3.63) is 89.9 Å². The molecule has 198 valence electrons. The van der Waals surface area contributed by atoms with E-state index in [0.717, 1.165) is 31.2 Å². The predicted octanol–water partition coefficient (Wildman–Crippen LogP) is 5.47. The summed E-state index contributed by atoms with van der Waals surface area (Å²) in [7, 11) is 0. The van der Waals surface area contributed by atoms with Gasteiger partial charge in [0.15, 0.2) is 0 Å². The molecular weight excluding hydrogens is 483 g/mol. The van der Waals surface area contributed by atoms with Crippen LogP contribution in [0.1, 0.15) is 62.1 Å². The van der Waals surface area contributed by atoms with Crippen molar-refractivity contribution in [1.82, 2.24) is 10.3 Å². The smallest absolute Gasteiger partial charge is 0.248 e. The van der Waals surface area contributed by atoms with E-state index in [9.17, 15) is 18.8 Å². The monoisotopic (exact) mass is 516 g/mol. The molecule has 2 N–H and O–H groups in total. The number of aryl methyl sites for hydroxylation is 1. The fourth-order valence-corrected chi connectivity index (χ4v) is 4.72. The van der Waals surface area contributed by atoms with Crippen molar-refractivity contribution in [3.63, 3.8) is 0 Å². The molecule has 0 aliphatic heterocycles. The Morgan fingerprint density at radius 2 is 1.68 bits per heavy atom. The second-order valence-corrected chi connectivity index (χ2v) is 9.66. The van der Waals surface area contributed by atoms with E-state index < -0.39 is 11.9 Å². The Bertz CT molecular complexity index is 1230. The number of pyridine rings is 1. The number of rotatable bonds is 10. The molecule has 0 saturated heterocycles. The molecule has 2 aromatic carbocycles. The Morgan fingerprint density at radius 1 is 0.974 bits per heavy atom. The number of carbonyl (C=O) groups is 3. The van der Waals surface area contributed by atoms with Gasteiger partial charge in [-0.25, -0.2) is 9.37 Å². The lowest BCUT2D eigenvalue weighted by Gasteiger charge is -2.32. The molecule has 0 bridgehead atoms. The molecule has 0 radical (unpaired) electrons. The first-order chi connectivity index (χ1) is 18.4. The molecule has 1 aromatic heterocycles. The summed E-state index contributed by atoms with van der Waals surface area (Å²) in [5, 5.41) is 5.83. The molecule has 3 amide bonds. The van der Waals surface area contributed by atoms with Gasteiger partial charge in [-0.15, -0.1) is 0 Å². The largest absolute Gasteiger partial charge is 0.351 e. The van der Waals surface area contributed by atoms with Crippen LogP contribution >= 0.6 is 0 Å². The molecule has 1 saturated carbocycles. The number of nitrogens with zero attached hydrogens (tertiary/aromatic N) is 2. The maximum absolute atomic E-state index is 13.8. The van der Waals surface area contributed by atoms with Crippen LogP contribution in [-0.4, -0.2) is 28.7 Å². The summed E-state index contributed by atoms with van der Waals surface area (Å²) in [5.74, 6) is -0.811. The van der Waals surface area contributed by atoms with Gasteiger partial charge in [0.1, 0.15) is 17.7 Å². The van der Waals surface area contributed by atoms with Crippen LogP contribution in [0.2, 0.25) is 0 Å². The van der Waals surface area contributed by atoms with E-state index in [2.05, 4.69) is 15.6 Å². The molecule has 1 fully saturated rings. The van der Waals surface area contributed by atoms with Gasteiger partial charge in [-0.05, 0) is 68.1 Å². The summed E-state index contributed by atoms with van der Waals surface area (Å²) >= 11 is 0. The number of hydrogen-bond acceptors (Lipinski definition) is 4. The van der Waals surface area contributed by atoms with Crippen LogP contribution in [-0.2, 0) is 14.4 Å². The molecule has 4 rings (SSSR count). The SMILES string of the molecule is Cc1ccc(N(C(=O)CCCC(=O)Nc2ccccn2)[C@@H](C(=O)NC2CCCC2)c2ccc(F)cc2)cc1. The van der Waals surface area contributed by atoms with Crippen LogP contribution in [0.5, 0.6) is 0 Å². The average molecular weight is 517 g/mol. The van der Waals surface area contributed by atoms with Crippen LogP contribution in [0.3, 0.4) is 0 Å². The Morgan fingerprint density at radius 3 is 2.34 bits per heavy atom. The zero-order valence-electron chi connectivity index (χ0n) is 21.5. The van der Waals surface area contributed by atoms with Crippen molar-refractivity contribution >= 4 is 29.2 Å². The number of amides is 3. The lowest BCUT2D eigenvalue weighted by atomic mass is 10.0. The zero-order chi connectivity index (χ0) is 26.9. The quantitative estimate of drug-likeness (QED) is 0.374. The molecule has 0 spiro atoms. The van der Waals surface area contributed by atoms with Crippen LogP contribution < -0.4 is 15.5 Å². The van der Waals surface area contributed by atoms with Crippen LogP contribution in [0, 0.1) is 12.7 Å². The Labute approximate surface area is 222 Å². The molecule has 1 aliphatic carbocycles. The number of anilines is 2. The first-order valence-electron chi connectivity index (χ1n) is 13.1. The first-order valence-corrected chi connectivity index (χ1v) is 13.1. The van der Waals surface area contributed by atoms with E-state index in [4.69, 9.17) is 0 Å². The first kappa shape index (κ1) is 27.0. The lowest BCUT2D eigenvalue weighted by Crippen LogP contribution is -2.46. The van der Waals surface area contributed by atoms with E-state index in [0.29, 0.717) is 23.5 Å². The van der Waals surface area contributed by atoms with Gasteiger partial charge in [0.05, 0.1) is 0 Å². The number of aromatic nitrogens is 1. The van der Waals surface area contributed by atoms with Gasteiger partial charge in [-0.3, -0.25) is 19.3 Å². The van der Waals surface area contributed by atoms with Gasteiger partial charge < -0.3 is 10.6 Å². The van der Waals surface area contributed by atoms with E-state index in [1.807, 2.05) is 19.1 Å². The third kappa shape index (κ3) is 7.25. The summed E-state index contributed by atoms with van der Waals surface area (Å²) in [6.45, 7) is 1.94. The summed E-state index contributed by atoms with van der Waals surface area (Å²) in [5.41, 5.74) is 2.10. The minimum Gasteiger partial charge on any atom is -0.351 e. The summed E-state index contributed by atoms with van der Waals surface area (Å²) in [4.78, 5) is 45.4. The van der Waals surface area contributed by atoms with Gasteiger partial charge >= 0.3 is 0 Å². The maximum Gasteiger partial charge on any atom is 0.248 e. The fraction of sp³-hybridized carbons (Fsp3) is 0.333. The topological polar surface area (TPSA) is 91.4 Å². The van der Waals surface area contributed by atoms with E-state index >= 15 is 0 Å². The van der Waals surface area contributed by atoms with Gasteiger partial charge in [-0.2, -0.15) is 0 Å². The van der Waals surface area contributed by atoms with E-state index in [-0.39, 0.29) is 36.6 Å². The highest BCUT2D eigenvalue weighted by molar-refractivity contribution is 6.01. The standard InChI is InChI=1S/C30H33FN4O3/c1-21-12-18-25(19-13-21)35(28(37)11-6-10-27(36)34-26-9-4-5-20-32-26)29(22-14-16-23(31)17-15-22)30(38)33-24-7-2-3-8-24/h4-5,9,12-20,24,29H,2-3,6-8,10-11H2,1H3,(H,33,38)(H,32,34,36)/t29-/m1/s1. The molecule has 1 atom stereocenters. The number of benzene rings is 2. The van der Waals surface area contributed by atoms with Crippen molar-refractivity contribution in [3.8, 4) is 0 Å². The molecule has 38 heavy (non-hydrogen) atoms. The highest BCUT2D eigenvalue weighted by atomic mass is 19.1. The predicted molar refractivity (Wildman–Crippen MR) is 145 cm³/mol. The lowest BCUT2D eigenvalue weighted by molar-refractivity contribution is -0.127. The average Bonchev–Trinajstić information content (AvgIpc) is 3.42. The molecule has 8 heteroatoms. The molecular formula is C30H33FN4O3. The van der Waals surface area contributed by atoms with Crippen molar-refractivity contribution in [2.24, 2.45) is 0 Å². The normalized spacial score (nSPS) is 14.1. The highest BCUT2D eigenvalue weighted by Gasteiger charge is 2.34.